The van der Waals surface area contributed by atoms with Gasteiger partial charge in [0.25, 0.3) is 5.69 Å². The van der Waals surface area contributed by atoms with Crippen molar-refractivity contribution in [3.05, 3.63) is 40.2 Å². The zero-order valence-electron chi connectivity index (χ0n) is 12.3. The van der Waals surface area contributed by atoms with Crippen molar-refractivity contribution in [2.45, 2.75) is 6.54 Å². The van der Waals surface area contributed by atoms with Crippen LogP contribution in [0.5, 0.6) is 0 Å². The summed E-state index contributed by atoms with van der Waals surface area (Å²) < 4.78 is 1.67. The fraction of sp³-hybridized carbons (Fsp3) is 0.462. The van der Waals surface area contributed by atoms with Crippen LogP contribution in [0.15, 0.2) is 24.3 Å². The number of nitrogens with zero attached hydrogens (tertiary/aromatic N) is 7. The van der Waals surface area contributed by atoms with E-state index in [9.17, 15) is 10.1 Å². The lowest BCUT2D eigenvalue weighted by atomic mass is 10.2. The van der Waals surface area contributed by atoms with E-state index in [0.717, 1.165) is 37.7 Å². The number of nitro benzene ring substituents is 1. The van der Waals surface area contributed by atoms with Crippen LogP contribution in [-0.2, 0) is 13.6 Å². The van der Waals surface area contributed by atoms with E-state index in [-0.39, 0.29) is 10.6 Å². The van der Waals surface area contributed by atoms with E-state index in [1.807, 2.05) is 13.1 Å². The summed E-state index contributed by atoms with van der Waals surface area (Å²) in [6.07, 6.45) is 0. The average molecular weight is 303 g/mol. The third-order valence-corrected chi connectivity index (χ3v) is 3.85. The van der Waals surface area contributed by atoms with Gasteiger partial charge >= 0.3 is 0 Å². The van der Waals surface area contributed by atoms with Crippen LogP contribution in [-0.4, -0.2) is 56.2 Å². The Morgan fingerprint density at radius 3 is 2.68 bits per heavy atom. The minimum Gasteiger partial charge on any atom is -0.369 e. The van der Waals surface area contributed by atoms with Crippen molar-refractivity contribution in [3.8, 4) is 0 Å². The highest BCUT2D eigenvalue weighted by atomic mass is 16.6. The van der Waals surface area contributed by atoms with Crippen molar-refractivity contribution in [1.82, 2.24) is 25.1 Å². The molecule has 0 N–H and O–H groups in total. The van der Waals surface area contributed by atoms with Crippen LogP contribution < -0.4 is 4.90 Å². The normalized spacial score (nSPS) is 16.0. The largest absolute Gasteiger partial charge is 0.369 e. The number of aromatic nitrogens is 4. The number of anilines is 1. The molecule has 0 atom stereocenters. The van der Waals surface area contributed by atoms with Crippen LogP contribution in [0.2, 0.25) is 0 Å². The molecular weight excluding hydrogens is 286 g/mol. The Hall–Kier alpha value is -2.55. The lowest BCUT2D eigenvalue weighted by Gasteiger charge is -2.35. The van der Waals surface area contributed by atoms with Gasteiger partial charge in [0.15, 0.2) is 5.82 Å². The first-order chi connectivity index (χ1) is 10.6. The molecule has 1 saturated heterocycles. The summed E-state index contributed by atoms with van der Waals surface area (Å²) in [5, 5.41) is 22.3. The predicted molar refractivity (Wildman–Crippen MR) is 79.4 cm³/mol. The second-order valence-electron chi connectivity index (χ2n) is 5.26. The van der Waals surface area contributed by atoms with Crippen molar-refractivity contribution in [1.29, 1.82) is 0 Å². The predicted octanol–water partition coefficient (Wildman–Crippen LogP) is 0.440. The second kappa shape index (κ2) is 6.06. The van der Waals surface area contributed by atoms with E-state index in [1.54, 1.807) is 16.8 Å². The summed E-state index contributed by atoms with van der Waals surface area (Å²) in [5.74, 6) is 0.837. The van der Waals surface area contributed by atoms with Crippen molar-refractivity contribution >= 4 is 11.4 Å². The summed E-state index contributed by atoms with van der Waals surface area (Å²) in [6, 6.07) is 6.78. The molecule has 0 radical (unpaired) electrons. The molecule has 22 heavy (non-hydrogen) atoms. The molecule has 0 aliphatic carbocycles. The molecule has 2 heterocycles. The molecule has 1 aromatic carbocycles. The molecule has 1 aliphatic heterocycles. The highest BCUT2D eigenvalue weighted by molar-refractivity contribution is 5.53. The van der Waals surface area contributed by atoms with Crippen molar-refractivity contribution in [3.63, 3.8) is 0 Å². The van der Waals surface area contributed by atoms with Crippen LogP contribution in [0.1, 0.15) is 5.82 Å². The van der Waals surface area contributed by atoms with Gasteiger partial charge in [0.1, 0.15) is 0 Å². The van der Waals surface area contributed by atoms with Gasteiger partial charge in [-0.1, -0.05) is 6.07 Å². The molecule has 0 spiro atoms. The van der Waals surface area contributed by atoms with Gasteiger partial charge in [-0.15, -0.1) is 5.10 Å². The Bertz CT molecular complexity index is 664. The molecular formula is C13H17N7O2. The summed E-state index contributed by atoms with van der Waals surface area (Å²) in [5.41, 5.74) is 1.03. The molecule has 2 aromatic rings. The van der Waals surface area contributed by atoms with Gasteiger partial charge in [-0.2, -0.15) is 0 Å². The maximum absolute atomic E-state index is 10.9. The van der Waals surface area contributed by atoms with E-state index in [0.29, 0.717) is 6.54 Å². The highest BCUT2D eigenvalue weighted by Gasteiger charge is 2.20. The molecule has 9 nitrogen and oxygen atoms in total. The number of benzene rings is 1. The fourth-order valence-electron chi connectivity index (χ4n) is 2.55. The summed E-state index contributed by atoms with van der Waals surface area (Å²) in [4.78, 5) is 14.9. The number of nitro groups is 1. The molecule has 1 aliphatic rings. The highest BCUT2D eigenvalue weighted by Crippen LogP contribution is 2.22. The van der Waals surface area contributed by atoms with E-state index in [4.69, 9.17) is 0 Å². The number of non-ortho nitro benzene ring substituents is 1. The Morgan fingerprint density at radius 1 is 1.27 bits per heavy atom. The topological polar surface area (TPSA) is 93.2 Å². The minimum atomic E-state index is -0.360. The Morgan fingerprint density at radius 2 is 2.05 bits per heavy atom. The van der Waals surface area contributed by atoms with Crippen LogP contribution in [0.3, 0.4) is 0 Å². The first-order valence-corrected chi connectivity index (χ1v) is 7.06. The lowest BCUT2D eigenvalue weighted by molar-refractivity contribution is -0.384. The zero-order chi connectivity index (χ0) is 15.5. The number of piperazine rings is 1. The zero-order valence-corrected chi connectivity index (χ0v) is 12.3. The Balaban J connectivity index is 1.61. The summed E-state index contributed by atoms with van der Waals surface area (Å²) >= 11 is 0. The summed E-state index contributed by atoms with van der Waals surface area (Å²) in [6.45, 7) is 4.11. The molecule has 3 rings (SSSR count). The van der Waals surface area contributed by atoms with Crippen molar-refractivity contribution < 1.29 is 4.92 Å². The van der Waals surface area contributed by atoms with Crippen LogP contribution in [0.25, 0.3) is 0 Å². The fourth-order valence-corrected chi connectivity index (χ4v) is 2.55. The van der Waals surface area contributed by atoms with Crippen molar-refractivity contribution in [2.75, 3.05) is 31.1 Å². The minimum absolute atomic E-state index is 0.130. The molecule has 116 valence electrons. The Labute approximate surface area is 127 Å². The molecule has 1 fully saturated rings. The van der Waals surface area contributed by atoms with Crippen LogP contribution in [0, 0.1) is 10.1 Å². The number of hydrogen-bond acceptors (Lipinski definition) is 7. The van der Waals surface area contributed by atoms with Gasteiger partial charge in [-0.05, 0) is 16.5 Å². The van der Waals surface area contributed by atoms with Gasteiger partial charge in [-0.3, -0.25) is 15.0 Å². The van der Waals surface area contributed by atoms with Gasteiger partial charge in [-0.25, -0.2) is 4.68 Å². The molecule has 0 saturated carbocycles. The van der Waals surface area contributed by atoms with E-state index in [1.165, 1.54) is 6.07 Å². The van der Waals surface area contributed by atoms with Gasteiger partial charge < -0.3 is 4.90 Å². The van der Waals surface area contributed by atoms with E-state index < -0.39 is 0 Å². The smallest absolute Gasteiger partial charge is 0.271 e. The number of hydrogen-bond donors (Lipinski definition) is 0. The molecule has 0 unspecified atom stereocenters. The standard InChI is InChI=1S/C13H17N7O2/c1-17-13(14-15-16-17)10-18-5-7-19(8-6-18)11-3-2-4-12(9-11)20(21)22/h2-4,9H,5-8,10H2,1H3. The third-order valence-electron chi connectivity index (χ3n) is 3.85. The monoisotopic (exact) mass is 303 g/mol. The number of tetrazole rings is 1. The number of aryl methyl sites for hydroxylation is 1. The molecule has 0 amide bonds. The average Bonchev–Trinajstić information content (AvgIpc) is 2.93. The second-order valence-corrected chi connectivity index (χ2v) is 5.26. The first-order valence-electron chi connectivity index (χ1n) is 7.06. The Kier molecular flexibility index (Phi) is 3.96. The lowest BCUT2D eigenvalue weighted by Crippen LogP contribution is -2.46. The summed E-state index contributed by atoms with van der Waals surface area (Å²) in [7, 11) is 1.83. The SMILES string of the molecule is Cn1nnnc1CN1CCN(c2cccc([N+](=O)[O-])c2)CC1. The third kappa shape index (κ3) is 3.03. The van der Waals surface area contributed by atoms with E-state index >= 15 is 0 Å². The van der Waals surface area contributed by atoms with Gasteiger partial charge in [0.2, 0.25) is 0 Å². The molecule has 0 bridgehead atoms. The van der Waals surface area contributed by atoms with Gasteiger partial charge in [0.05, 0.1) is 11.5 Å². The molecule has 9 heteroatoms. The van der Waals surface area contributed by atoms with E-state index in [2.05, 4.69) is 25.3 Å². The first kappa shape index (κ1) is 14.4. The van der Waals surface area contributed by atoms with Crippen LogP contribution >= 0.6 is 0 Å². The maximum Gasteiger partial charge on any atom is 0.271 e. The maximum atomic E-state index is 10.9. The van der Waals surface area contributed by atoms with Crippen LogP contribution in [0.4, 0.5) is 11.4 Å². The molecule has 1 aromatic heterocycles. The number of rotatable bonds is 4. The van der Waals surface area contributed by atoms with Crippen molar-refractivity contribution in [2.24, 2.45) is 7.05 Å². The van der Waals surface area contributed by atoms with Gasteiger partial charge in [0, 0.05) is 51.0 Å². The quantitative estimate of drug-likeness (QED) is 0.597.